The minimum absolute atomic E-state index is 0.324. The molecule has 2 rings (SSSR count). The summed E-state index contributed by atoms with van der Waals surface area (Å²) in [5.41, 5.74) is 7.75. The van der Waals surface area contributed by atoms with Crippen LogP contribution in [0.5, 0.6) is 0 Å². The predicted octanol–water partition coefficient (Wildman–Crippen LogP) is 3.55. The van der Waals surface area contributed by atoms with E-state index in [1.807, 2.05) is 0 Å². The van der Waals surface area contributed by atoms with Crippen molar-refractivity contribution in [1.29, 1.82) is 0 Å². The molecule has 1 atom stereocenters. The highest BCUT2D eigenvalue weighted by Crippen LogP contribution is 2.43. The SMILES string of the molecule is CC(C)(C)C1CCC(C(O)c2cnccc2N)CC1. The Balaban J connectivity index is 2.00. The fraction of sp³-hybridized carbons (Fsp3) is 0.688. The van der Waals surface area contributed by atoms with Gasteiger partial charge in [-0.05, 0) is 49.0 Å². The van der Waals surface area contributed by atoms with Crippen molar-refractivity contribution < 1.29 is 5.11 Å². The largest absolute Gasteiger partial charge is 0.398 e. The van der Waals surface area contributed by atoms with E-state index in [2.05, 4.69) is 25.8 Å². The van der Waals surface area contributed by atoms with Crippen molar-refractivity contribution in [2.75, 3.05) is 5.73 Å². The average Bonchev–Trinajstić information content (AvgIpc) is 2.38. The van der Waals surface area contributed by atoms with Crippen molar-refractivity contribution in [3.05, 3.63) is 24.0 Å². The summed E-state index contributed by atoms with van der Waals surface area (Å²) < 4.78 is 0. The third kappa shape index (κ3) is 3.27. The van der Waals surface area contributed by atoms with Crippen LogP contribution in [0.1, 0.15) is 58.1 Å². The highest BCUT2D eigenvalue weighted by molar-refractivity contribution is 5.45. The van der Waals surface area contributed by atoms with Gasteiger partial charge in [0, 0.05) is 23.6 Å². The Morgan fingerprint density at radius 1 is 1.26 bits per heavy atom. The first-order valence-electron chi connectivity index (χ1n) is 7.27. The third-order valence-corrected chi connectivity index (χ3v) is 4.65. The smallest absolute Gasteiger partial charge is 0.0853 e. The Morgan fingerprint density at radius 3 is 2.42 bits per heavy atom. The lowest BCUT2D eigenvalue weighted by atomic mass is 9.68. The van der Waals surface area contributed by atoms with E-state index in [1.54, 1.807) is 18.5 Å². The van der Waals surface area contributed by atoms with E-state index >= 15 is 0 Å². The van der Waals surface area contributed by atoms with Gasteiger partial charge in [0.25, 0.3) is 0 Å². The van der Waals surface area contributed by atoms with Crippen molar-refractivity contribution in [3.63, 3.8) is 0 Å². The Hall–Kier alpha value is -1.09. The number of nitrogens with zero attached hydrogens (tertiary/aromatic N) is 1. The summed E-state index contributed by atoms with van der Waals surface area (Å²) in [5, 5.41) is 10.5. The maximum absolute atomic E-state index is 10.5. The van der Waals surface area contributed by atoms with Crippen molar-refractivity contribution in [2.45, 2.75) is 52.6 Å². The van der Waals surface area contributed by atoms with Gasteiger partial charge in [0.15, 0.2) is 0 Å². The summed E-state index contributed by atoms with van der Waals surface area (Å²) in [6.07, 6.45) is 7.47. The van der Waals surface area contributed by atoms with E-state index in [4.69, 9.17) is 5.73 Å². The molecule has 3 nitrogen and oxygen atoms in total. The average molecular weight is 262 g/mol. The van der Waals surface area contributed by atoms with E-state index in [9.17, 15) is 5.11 Å². The lowest BCUT2D eigenvalue weighted by Gasteiger charge is -2.38. The molecule has 0 bridgehead atoms. The molecule has 0 radical (unpaired) electrons. The molecule has 19 heavy (non-hydrogen) atoms. The highest BCUT2D eigenvalue weighted by atomic mass is 16.3. The van der Waals surface area contributed by atoms with Gasteiger partial charge in [-0.3, -0.25) is 4.98 Å². The molecule has 0 amide bonds. The Bertz CT molecular complexity index is 417. The van der Waals surface area contributed by atoms with Gasteiger partial charge < -0.3 is 10.8 Å². The lowest BCUT2D eigenvalue weighted by Crippen LogP contribution is -2.28. The second kappa shape index (κ2) is 5.49. The number of nitrogen functional groups attached to an aromatic ring is 1. The van der Waals surface area contributed by atoms with E-state index in [0.29, 0.717) is 17.0 Å². The van der Waals surface area contributed by atoms with Gasteiger partial charge in [0.2, 0.25) is 0 Å². The summed E-state index contributed by atoms with van der Waals surface area (Å²) in [5.74, 6) is 1.09. The summed E-state index contributed by atoms with van der Waals surface area (Å²) in [4.78, 5) is 4.08. The zero-order valence-corrected chi connectivity index (χ0v) is 12.3. The second-order valence-corrected chi connectivity index (χ2v) is 6.93. The van der Waals surface area contributed by atoms with Crippen LogP contribution in [0.15, 0.2) is 18.5 Å². The van der Waals surface area contributed by atoms with Crippen LogP contribution in [-0.4, -0.2) is 10.1 Å². The van der Waals surface area contributed by atoms with Crippen LogP contribution < -0.4 is 5.73 Å². The number of hydrogen-bond donors (Lipinski definition) is 2. The third-order valence-electron chi connectivity index (χ3n) is 4.65. The van der Waals surface area contributed by atoms with Gasteiger partial charge in [-0.2, -0.15) is 0 Å². The number of anilines is 1. The van der Waals surface area contributed by atoms with Gasteiger partial charge in [0.1, 0.15) is 0 Å². The first-order valence-corrected chi connectivity index (χ1v) is 7.27. The Kier molecular flexibility index (Phi) is 4.14. The molecule has 3 N–H and O–H groups in total. The fourth-order valence-electron chi connectivity index (χ4n) is 3.22. The molecule has 1 aromatic rings. The fourth-order valence-corrected chi connectivity index (χ4v) is 3.22. The molecule has 1 aliphatic carbocycles. The molecule has 1 saturated carbocycles. The van der Waals surface area contributed by atoms with Crippen LogP contribution in [0.2, 0.25) is 0 Å². The summed E-state index contributed by atoms with van der Waals surface area (Å²) in [7, 11) is 0. The number of hydrogen-bond acceptors (Lipinski definition) is 3. The van der Waals surface area contributed by atoms with Gasteiger partial charge in [0.05, 0.1) is 6.10 Å². The van der Waals surface area contributed by atoms with Crippen LogP contribution in [0.4, 0.5) is 5.69 Å². The number of aliphatic hydroxyl groups excluding tert-OH is 1. The van der Waals surface area contributed by atoms with Gasteiger partial charge >= 0.3 is 0 Å². The van der Waals surface area contributed by atoms with E-state index in [0.717, 1.165) is 24.3 Å². The number of nitrogens with two attached hydrogens (primary N) is 1. The highest BCUT2D eigenvalue weighted by Gasteiger charge is 2.33. The molecule has 1 aromatic heterocycles. The first kappa shape index (κ1) is 14.3. The minimum Gasteiger partial charge on any atom is -0.398 e. The Morgan fingerprint density at radius 2 is 1.89 bits per heavy atom. The van der Waals surface area contributed by atoms with Crippen molar-refractivity contribution in [3.8, 4) is 0 Å². The maximum atomic E-state index is 10.5. The van der Waals surface area contributed by atoms with Crippen LogP contribution in [0.3, 0.4) is 0 Å². The molecule has 1 aliphatic rings. The topological polar surface area (TPSA) is 59.1 Å². The zero-order chi connectivity index (χ0) is 14.0. The monoisotopic (exact) mass is 262 g/mol. The molecule has 0 spiro atoms. The predicted molar refractivity (Wildman–Crippen MR) is 78.5 cm³/mol. The van der Waals surface area contributed by atoms with Gasteiger partial charge in [-0.15, -0.1) is 0 Å². The van der Waals surface area contributed by atoms with Gasteiger partial charge in [-0.25, -0.2) is 0 Å². The number of rotatable bonds is 2. The van der Waals surface area contributed by atoms with Crippen LogP contribution in [0.25, 0.3) is 0 Å². The van der Waals surface area contributed by atoms with Crippen LogP contribution in [-0.2, 0) is 0 Å². The standard InChI is InChI=1S/C16H26N2O/c1-16(2,3)12-6-4-11(5-7-12)15(19)13-10-18-9-8-14(13)17/h8-12,15,19H,4-7H2,1-3H3,(H2,17,18). The number of aliphatic hydroxyl groups is 1. The molecule has 1 heterocycles. The molecule has 3 heteroatoms. The normalized spacial score (nSPS) is 26.1. The van der Waals surface area contributed by atoms with Crippen LogP contribution in [0, 0.1) is 17.3 Å². The molecule has 0 aliphatic heterocycles. The summed E-state index contributed by atoms with van der Waals surface area (Å²) in [6, 6.07) is 1.76. The summed E-state index contributed by atoms with van der Waals surface area (Å²) in [6.45, 7) is 6.94. The van der Waals surface area contributed by atoms with Crippen LogP contribution >= 0.6 is 0 Å². The molecular weight excluding hydrogens is 236 g/mol. The van der Waals surface area contributed by atoms with Crippen molar-refractivity contribution in [1.82, 2.24) is 4.98 Å². The number of aromatic nitrogens is 1. The molecule has 0 aromatic carbocycles. The van der Waals surface area contributed by atoms with Gasteiger partial charge in [-0.1, -0.05) is 20.8 Å². The molecule has 0 saturated heterocycles. The van der Waals surface area contributed by atoms with Crippen molar-refractivity contribution in [2.24, 2.45) is 17.3 Å². The quantitative estimate of drug-likeness (QED) is 0.857. The van der Waals surface area contributed by atoms with E-state index in [1.165, 1.54) is 12.8 Å². The zero-order valence-electron chi connectivity index (χ0n) is 12.3. The second-order valence-electron chi connectivity index (χ2n) is 6.93. The molecule has 106 valence electrons. The van der Waals surface area contributed by atoms with E-state index in [-0.39, 0.29) is 0 Å². The number of pyridine rings is 1. The lowest BCUT2D eigenvalue weighted by molar-refractivity contribution is 0.0530. The van der Waals surface area contributed by atoms with E-state index < -0.39 is 6.10 Å². The Labute approximate surface area is 116 Å². The molecule has 1 fully saturated rings. The minimum atomic E-state index is -0.463. The first-order chi connectivity index (χ1) is 8.89. The maximum Gasteiger partial charge on any atom is 0.0853 e. The van der Waals surface area contributed by atoms with Crippen molar-refractivity contribution >= 4 is 5.69 Å². The summed E-state index contributed by atoms with van der Waals surface area (Å²) >= 11 is 0. The molecular formula is C16H26N2O. The molecule has 1 unspecified atom stereocenters.